The number of nitrogens with one attached hydrogen (secondary N) is 1. The highest BCUT2D eigenvalue weighted by atomic mass is 79.9. The van der Waals surface area contributed by atoms with Gasteiger partial charge < -0.3 is 10.5 Å². The number of hydrogen-bond acceptors (Lipinski definition) is 5. The monoisotopic (exact) mass is 383 g/mol. The standard InChI is InChI=1S/C13H14BrN5O2S/c1-2-12-17-18-13(22)19(12)16-6-8-3-4-10(9(14)5-8)21-7-11(15)20/h3-6H,2,7H2,1H3,(H2,15,20)(H,18,22)/b16-6-. The molecule has 2 aromatic rings. The highest BCUT2D eigenvalue weighted by Gasteiger charge is 2.05. The number of carbonyl (C=O) groups excluding carboxylic acids is 1. The zero-order chi connectivity index (χ0) is 16.1. The van der Waals surface area contributed by atoms with E-state index < -0.39 is 5.91 Å². The molecule has 0 atom stereocenters. The molecule has 1 amide bonds. The van der Waals surface area contributed by atoms with Crippen molar-refractivity contribution in [2.45, 2.75) is 13.3 Å². The quantitative estimate of drug-likeness (QED) is 0.588. The zero-order valence-corrected chi connectivity index (χ0v) is 14.1. The van der Waals surface area contributed by atoms with E-state index in [1.54, 1.807) is 23.0 Å². The maximum Gasteiger partial charge on any atom is 0.255 e. The number of halogens is 1. The third-order valence-corrected chi connectivity index (χ3v) is 3.57. The largest absolute Gasteiger partial charge is 0.483 e. The Morgan fingerprint density at radius 1 is 1.64 bits per heavy atom. The van der Waals surface area contributed by atoms with E-state index in [-0.39, 0.29) is 6.61 Å². The highest BCUT2D eigenvalue weighted by molar-refractivity contribution is 9.10. The van der Waals surface area contributed by atoms with Crippen LogP contribution in [0.4, 0.5) is 0 Å². The van der Waals surface area contributed by atoms with Crippen molar-refractivity contribution in [3.05, 3.63) is 38.8 Å². The van der Waals surface area contributed by atoms with E-state index in [2.05, 4.69) is 31.2 Å². The molecule has 2 rings (SSSR count). The molecule has 0 spiro atoms. The van der Waals surface area contributed by atoms with Gasteiger partial charge in [-0.1, -0.05) is 6.92 Å². The first kappa shape index (κ1) is 16.4. The molecule has 1 aromatic carbocycles. The maximum atomic E-state index is 10.7. The van der Waals surface area contributed by atoms with Gasteiger partial charge in [0.05, 0.1) is 10.7 Å². The van der Waals surface area contributed by atoms with Crippen molar-refractivity contribution >= 4 is 40.3 Å². The minimum atomic E-state index is -0.529. The summed E-state index contributed by atoms with van der Waals surface area (Å²) in [6.07, 6.45) is 2.38. The summed E-state index contributed by atoms with van der Waals surface area (Å²) < 4.78 is 7.96. The second kappa shape index (κ2) is 7.32. The number of carbonyl (C=O) groups is 1. The van der Waals surface area contributed by atoms with E-state index >= 15 is 0 Å². The second-order valence-corrected chi connectivity index (χ2v) is 5.54. The first-order chi connectivity index (χ1) is 10.5. The van der Waals surface area contributed by atoms with Crippen LogP contribution in [0.5, 0.6) is 5.75 Å². The van der Waals surface area contributed by atoms with Crippen molar-refractivity contribution in [1.82, 2.24) is 14.9 Å². The Kier molecular flexibility index (Phi) is 5.45. The molecule has 0 saturated carbocycles. The molecule has 0 fully saturated rings. The number of amides is 1. The van der Waals surface area contributed by atoms with Gasteiger partial charge in [0.25, 0.3) is 5.91 Å². The normalized spacial score (nSPS) is 11.0. The third-order valence-electron chi connectivity index (χ3n) is 2.68. The van der Waals surface area contributed by atoms with E-state index in [1.165, 1.54) is 0 Å². The fraction of sp³-hybridized carbons (Fsp3) is 0.231. The van der Waals surface area contributed by atoms with Gasteiger partial charge in [-0.15, -0.1) is 0 Å². The lowest BCUT2D eigenvalue weighted by Crippen LogP contribution is -2.20. The minimum Gasteiger partial charge on any atom is -0.483 e. The lowest BCUT2D eigenvalue weighted by Gasteiger charge is -2.06. The van der Waals surface area contributed by atoms with Crippen LogP contribution in [0.3, 0.4) is 0 Å². The molecule has 0 radical (unpaired) electrons. The number of primary amides is 1. The van der Waals surface area contributed by atoms with Crippen molar-refractivity contribution in [1.29, 1.82) is 0 Å². The van der Waals surface area contributed by atoms with Gasteiger partial charge in [-0.3, -0.25) is 9.89 Å². The van der Waals surface area contributed by atoms with Crippen LogP contribution >= 0.6 is 28.1 Å². The molecule has 0 bridgehead atoms. The summed E-state index contributed by atoms with van der Waals surface area (Å²) in [5.74, 6) is 0.755. The van der Waals surface area contributed by atoms with Gasteiger partial charge in [-0.2, -0.15) is 14.9 Å². The summed E-state index contributed by atoms with van der Waals surface area (Å²) in [5, 5.41) is 11.1. The molecular formula is C13H14BrN5O2S. The SMILES string of the molecule is CCc1n[nH]c(=S)n1/N=C\c1ccc(OCC(N)=O)c(Br)c1. The molecule has 116 valence electrons. The molecular weight excluding hydrogens is 370 g/mol. The number of nitrogens with two attached hydrogens (primary N) is 1. The number of benzene rings is 1. The Morgan fingerprint density at radius 2 is 2.41 bits per heavy atom. The van der Waals surface area contributed by atoms with Crippen LogP contribution in [0.25, 0.3) is 0 Å². The number of ether oxygens (including phenoxy) is 1. The molecule has 0 aliphatic rings. The van der Waals surface area contributed by atoms with Crippen molar-refractivity contribution in [3.63, 3.8) is 0 Å². The fourth-order valence-corrected chi connectivity index (χ4v) is 2.37. The van der Waals surface area contributed by atoms with Gasteiger partial charge in [0.2, 0.25) is 4.77 Å². The maximum absolute atomic E-state index is 10.7. The molecule has 1 aromatic heterocycles. The molecule has 3 N–H and O–H groups in total. The second-order valence-electron chi connectivity index (χ2n) is 4.30. The molecule has 9 heteroatoms. The zero-order valence-electron chi connectivity index (χ0n) is 11.7. The molecule has 22 heavy (non-hydrogen) atoms. The first-order valence-electron chi connectivity index (χ1n) is 6.42. The molecule has 0 unspecified atom stereocenters. The number of hydrogen-bond donors (Lipinski definition) is 2. The van der Waals surface area contributed by atoms with Crippen molar-refractivity contribution in [2.24, 2.45) is 10.8 Å². The predicted molar refractivity (Wildman–Crippen MR) is 88.6 cm³/mol. The Balaban J connectivity index is 2.18. The predicted octanol–water partition coefficient (Wildman–Crippen LogP) is 2.01. The van der Waals surface area contributed by atoms with Crippen molar-refractivity contribution in [2.75, 3.05) is 6.61 Å². The van der Waals surface area contributed by atoms with E-state index in [0.29, 0.717) is 21.4 Å². The van der Waals surface area contributed by atoms with Gasteiger partial charge in [-0.25, -0.2) is 0 Å². The summed E-state index contributed by atoms with van der Waals surface area (Å²) in [7, 11) is 0. The third kappa shape index (κ3) is 4.01. The summed E-state index contributed by atoms with van der Waals surface area (Å²) >= 11 is 8.49. The molecule has 0 aliphatic heterocycles. The smallest absolute Gasteiger partial charge is 0.255 e. The van der Waals surface area contributed by atoms with Crippen molar-refractivity contribution < 1.29 is 9.53 Å². The molecule has 1 heterocycles. The number of rotatable bonds is 6. The minimum absolute atomic E-state index is 0.171. The first-order valence-corrected chi connectivity index (χ1v) is 7.62. The lowest BCUT2D eigenvalue weighted by atomic mass is 10.2. The Morgan fingerprint density at radius 3 is 3.05 bits per heavy atom. The van der Waals surface area contributed by atoms with E-state index in [4.69, 9.17) is 22.7 Å². The van der Waals surface area contributed by atoms with Crippen LogP contribution < -0.4 is 10.5 Å². The Hall–Kier alpha value is -2.00. The number of H-pyrrole nitrogens is 1. The van der Waals surface area contributed by atoms with Crippen LogP contribution in [-0.2, 0) is 11.2 Å². The number of aromatic amines is 1. The molecule has 7 nitrogen and oxygen atoms in total. The molecule has 0 saturated heterocycles. The lowest BCUT2D eigenvalue weighted by molar-refractivity contribution is -0.119. The number of aromatic nitrogens is 3. The van der Waals surface area contributed by atoms with Crippen LogP contribution in [0, 0.1) is 4.77 Å². The molecule has 0 aliphatic carbocycles. The van der Waals surface area contributed by atoms with Crippen LogP contribution in [0.1, 0.15) is 18.3 Å². The average molecular weight is 384 g/mol. The van der Waals surface area contributed by atoms with Gasteiger partial charge in [0.15, 0.2) is 12.4 Å². The average Bonchev–Trinajstić information content (AvgIpc) is 2.84. The Labute approximate surface area is 140 Å². The topological polar surface area (TPSA) is 98.3 Å². The van der Waals surface area contributed by atoms with Crippen LogP contribution in [0.2, 0.25) is 0 Å². The van der Waals surface area contributed by atoms with Gasteiger partial charge in [0.1, 0.15) is 5.75 Å². The number of nitrogens with zero attached hydrogens (tertiary/aromatic N) is 3. The van der Waals surface area contributed by atoms with Crippen LogP contribution in [0.15, 0.2) is 27.8 Å². The van der Waals surface area contributed by atoms with Crippen LogP contribution in [-0.4, -0.2) is 33.6 Å². The highest BCUT2D eigenvalue weighted by Crippen LogP contribution is 2.25. The van der Waals surface area contributed by atoms with Gasteiger partial charge in [-0.05, 0) is 51.9 Å². The van der Waals surface area contributed by atoms with Gasteiger partial charge in [0, 0.05) is 6.42 Å². The summed E-state index contributed by atoms with van der Waals surface area (Å²) in [5.41, 5.74) is 5.88. The fourth-order valence-electron chi connectivity index (χ4n) is 1.66. The summed E-state index contributed by atoms with van der Waals surface area (Å²) in [4.78, 5) is 10.7. The van der Waals surface area contributed by atoms with E-state index in [0.717, 1.165) is 11.4 Å². The van der Waals surface area contributed by atoms with Gasteiger partial charge >= 0.3 is 0 Å². The van der Waals surface area contributed by atoms with E-state index in [1.807, 2.05) is 13.0 Å². The number of aryl methyl sites for hydroxylation is 1. The Bertz CT molecular complexity index is 768. The van der Waals surface area contributed by atoms with Crippen molar-refractivity contribution in [3.8, 4) is 5.75 Å². The van der Waals surface area contributed by atoms with E-state index in [9.17, 15) is 4.79 Å². The summed E-state index contributed by atoms with van der Waals surface area (Å²) in [6, 6.07) is 5.35. The summed E-state index contributed by atoms with van der Waals surface area (Å²) in [6.45, 7) is 1.80.